The van der Waals surface area contributed by atoms with Crippen LogP contribution in [0.4, 0.5) is 0 Å². The Morgan fingerprint density at radius 3 is 2.44 bits per heavy atom. The molecule has 0 unspecified atom stereocenters. The second kappa shape index (κ2) is 4.11. The van der Waals surface area contributed by atoms with E-state index in [0.29, 0.717) is 5.56 Å². The van der Waals surface area contributed by atoms with Gasteiger partial charge in [-0.1, -0.05) is 12.1 Å². The fourth-order valence-corrected chi connectivity index (χ4v) is 1.65. The summed E-state index contributed by atoms with van der Waals surface area (Å²) in [5, 5.41) is 18.0. The maximum absolute atomic E-state index is 9.27. The van der Waals surface area contributed by atoms with Gasteiger partial charge in [0.2, 0.25) is 0 Å². The standard InChI is InChI=1S/C13H12N2O/c1-10(15-7-6-13(16)9-15)12-4-2-11(8-14)3-5-12/h2-7,9-10,16H,1H3/t10-/m0/s1. The summed E-state index contributed by atoms with van der Waals surface area (Å²) in [6, 6.07) is 11.4. The van der Waals surface area contributed by atoms with E-state index in [-0.39, 0.29) is 11.8 Å². The van der Waals surface area contributed by atoms with Gasteiger partial charge in [0.15, 0.2) is 0 Å². The first-order valence-corrected chi connectivity index (χ1v) is 5.07. The van der Waals surface area contributed by atoms with Gasteiger partial charge < -0.3 is 9.67 Å². The Bertz CT molecular complexity index is 520. The number of nitriles is 1. The van der Waals surface area contributed by atoms with Gasteiger partial charge in [-0.15, -0.1) is 0 Å². The molecule has 0 aliphatic heterocycles. The number of aromatic nitrogens is 1. The van der Waals surface area contributed by atoms with Crippen LogP contribution in [0.1, 0.15) is 24.1 Å². The van der Waals surface area contributed by atoms with Gasteiger partial charge in [0.05, 0.1) is 17.7 Å². The fourth-order valence-electron chi connectivity index (χ4n) is 1.65. The molecule has 1 aromatic carbocycles. The lowest BCUT2D eigenvalue weighted by Gasteiger charge is -2.13. The normalized spacial score (nSPS) is 12.0. The summed E-state index contributed by atoms with van der Waals surface area (Å²) < 4.78 is 1.93. The van der Waals surface area contributed by atoms with Crippen molar-refractivity contribution in [2.24, 2.45) is 0 Å². The lowest BCUT2D eigenvalue weighted by Crippen LogP contribution is -2.03. The summed E-state index contributed by atoms with van der Waals surface area (Å²) in [7, 11) is 0. The molecule has 0 amide bonds. The molecule has 1 N–H and O–H groups in total. The van der Waals surface area contributed by atoms with E-state index in [9.17, 15) is 5.11 Å². The molecule has 1 atom stereocenters. The highest BCUT2D eigenvalue weighted by Gasteiger charge is 2.07. The molecule has 0 aliphatic rings. The van der Waals surface area contributed by atoms with Crippen LogP contribution in [0, 0.1) is 11.3 Å². The largest absolute Gasteiger partial charge is 0.506 e. The molecule has 0 saturated carbocycles. The Labute approximate surface area is 94.2 Å². The van der Waals surface area contributed by atoms with Gasteiger partial charge in [0.25, 0.3) is 0 Å². The molecule has 2 aromatic rings. The highest BCUT2D eigenvalue weighted by molar-refractivity contribution is 5.33. The molecule has 0 aliphatic carbocycles. The van der Waals surface area contributed by atoms with Crippen LogP contribution in [-0.2, 0) is 0 Å². The number of hydrogen-bond acceptors (Lipinski definition) is 2. The Morgan fingerprint density at radius 2 is 1.94 bits per heavy atom. The predicted octanol–water partition coefficient (Wildman–Crippen LogP) is 2.67. The minimum Gasteiger partial charge on any atom is -0.506 e. The number of rotatable bonds is 2. The third-order valence-corrected chi connectivity index (χ3v) is 2.67. The highest BCUT2D eigenvalue weighted by atomic mass is 16.3. The fraction of sp³-hybridized carbons (Fsp3) is 0.154. The molecular weight excluding hydrogens is 200 g/mol. The zero-order valence-corrected chi connectivity index (χ0v) is 8.96. The molecule has 3 nitrogen and oxygen atoms in total. The van der Waals surface area contributed by atoms with Gasteiger partial charge in [-0.3, -0.25) is 0 Å². The van der Waals surface area contributed by atoms with E-state index in [1.54, 1.807) is 24.4 Å². The summed E-state index contributed by atoms with van der Waals surface area (Å²) >= 11 is 0. The lowest BCUT2D eigenvalue weighted by molar-refractivity contribution is 0.472. The molecule has 3 heteroatoms. The first kappa shape index (κ1) is 10.3. The van der Waals surface area contributed by atoms with E-state index in [4.69, 9.17) is 5.26 Å². The van der Waals surface area contributed by atoms with Gasteiger partial charge >= 0.3 is 0 Å². The van der Waals surface area contributed by atoms with Gasteiger partial charge in [-0.05, 0) is 30.7 Å². The smallest absolute Gasteiger partial charge is 0.133 e. The monoisotopic (exact) mass is 212 g/mol. The average molecular weight is 212 g/mol. The van der Waals surface area contributed by atoms with Crippen molar-refractivity contribution in [1.82, 2.24) is 4.57 Å². The zero-order valence-electron chi connectivity index (χ0n) is 8.96. The van der Waals surface area contributed by atoms with Crippen molar-refractivity contribution in [3.8, 4) is 11.8 Å². The maximum Gasteiger partial charge on any atom is 0.133 e. The molecule has 80 valence electrons. The highest BCUT2D eigenvalue weighted by Crippen LogP contribution is 2.21. The van der Waals surface area contributed by atoms with Crippen LogP contribution in [0.3, 0.4) is 0 Å². The van der Waals surface area contributed by atoms with Crippen LogP contribution in [0.2, 0.25) is 0 Å². The SMILES string of the molecule is C[C@@H](c1ccc(C#N)cc1)n1ccc(O)c1. The average Bonchev–Trinajstić information content (AvgIpc) is 2.75. The van der Waals surface area contributed by atoms with E-state index in [2.05, 4.69) is 6.07 Å². The van der Waals surface area contributed by atoms with Crippen molar-refractivity contribution >= 4 is 0 Å². The Balaban J connectivity index is 2.27. The molecule has 0 spiro atoms. The first-order valence-electron chi connectivity index (χ1n) is 5.07. The predicted molar refractivity (Wildman–Crippen MR) is 61.1 cm³/mol. The lowest BCUT2D eigenvalue weighted by atomic mass is 10.1. The van der Waals surface area contributed by atoms with Gasteiger partial charge in [-0.2, -0.15) is 5.26 Å². The van der Waals surface area contributed by atoms with Crippen molar-refractivity contribution in [1.29, 1.82) is 5.26 Å². The molecule has 0 saturated heterocycles. The van der Waals surface area contributed by atoms with Crippen LogP contribution in [-0.4, -0.2) is 9.67 Å². The van der Waals surface area contributed by atoms with E-state index < -0.39 is 0 Å². The van der Waals surface area contributed by atoms with Crippen molar-refractivity contribution in [3.63, 3.8) is 0 Å². The van der Waals surface area contributed by atoms with Crippen LogP contribution in [0.15, 0.2) is 42.7 Å². The molecule has 0 radical (unpaired) electrons. The molecule has 0 bridgehead atoms. The summed E-state index contributed by atoms with van der Waals surface area (Å²) in [5.41, 5.74) is 1.76. The minimum atomic E-state index is 0.147. The van der Waals surface area contributed by atoms with Gasteiger partial charge in [0, 0.05) is 12.4 Å². The minimum absolute atomic E-state index is 0.147. The number of aromatic hydroxyl groups is 1. The molecule has 1 heterocycles. The third kappa shape index (κ3) is 1.91. The Kier molecular flexibility index (Phi) is 2.65. The number of nitrogens with zero attached hydrogens (tertiary/aromatic N) is 2. The summed E-state index contributed by atoms with van der Waals surface area (Å²) in [4.78, 5) is 0. The van der Waals surface area contributed by atoms with Crippen LogP contribution in [0.25, 0.3) is 0 Å². The van der Waals surface area contributed by atoms with Crippen LogP contribution >= 0.6 is 0 Å². The van der Waals surface area contributed by atoms with Crippen molar-refractivity contribution in [2.45, 2.75) is 13.0 Å². The van der Waals surface area contributed by atoms with Crippen molar-refractivity contribution in [3.05, 3.63) is 53.9 Å². The van der Waals surface area contributed by atoms with Crippen molar-refractivity contribution < 1.29 is 5.11 Å². The van der Waals surface area contributed by atoms with Crippen LogP contribution < -0.4 is 0 Å². The number of hydrogen-bond donors (Lipinski definition) is 1. The van der Waals surface area contributed by atoms with Gasteiger partial charge in [-0.25, -0.2) is 0 Å². The molecule has 0 fully saturated rings. The first-order chi connectivity index (χ1) is 7.70. The quantitative estimate of drug-likeness (QED) is 0.832. The molecule has 2 rings (SSSR count). The number of benzene rings is 1. The van der Waals surface area contributed by atoms with E-state index >= 15 is 0 Å². The Hall–Kier alpha value is -2.21. The second-order valence-corrected chi connectivity index (χ2v) is 3.73. The summed E-state index contributed by atoms with van der Waals surface area (Å²) in [6.07, 6.45) is 3.51. The molecule has 1 aromatic heterocycles. The van der Waals surface area contributed by atoms with E-state index in [1.807, 2.05) is 29.8 Å². The Morgan fingerprint density at radius 1 is 1.25 bits per heavy atom. The zero-order chi connectivity index (χ0) is 11.5. The molecular formula is C13H12N2O. The topological polar surface area (TPSA) is 49.0 Å². The summed E-state index contributed by atoms with van der Waals surface area (Å²) in [5.74, 6) is 0.264. The second-order valence-electron chi connectivity index (χ2n) is 3.73. The van der Waals surface area contributed by atoms with E-state index in [1.165, 1.54) is 0 Å². The van der Waals surface area contributed by atoms with Gasteiger partial charge in [0.1, 0.15) is 5.75 Å². The third-order valence-electron chi connectivity index (χ3n) is 2.67. The molecule has 16 heavy (non-hydrogen) atoms. The van der Waals surface area contributed by atoms with Crippen molar-refractivity contribution in [2.75, 3.05) is 0 Å². The summed E-state index contributed by atoms with van der Waals surface area (Å²) in [6.45, 7) is 2.04. The van der Waals surface area contributed by atoms with E-state index in [0.717, 1.165) is 5.56 Å². The maximum atomic E-state index is 9.27. The van der Waals surface area contributed by atoms with Crippen LogP contribution in [0.5, 0.6) is 5.75 Å².